The van der Waals surface area contributed by atoms with Crippen molar-refractivity contribution in [3.8, 4) is 22.5 Å². The van der Waals surface area contributed by atoms with Gasteiger partial charge in [-0.2, -0.15) is 0 Å². The molecule has 0 aliphatic rings. The molecule has 2 aromatic heterocycles. The number of imidazole rings is 1. The van der Waals surface area contributed by atoms with Crippen LogP contribution in [0.3, 0.4) is 0 Å². The summed E-state index contributed by atoms with van der Waals surface area (Å²) in [4.78, 5) is 22.5. The molecular formula is C15H11FN4OS. The molecule has 0 aliphatic heterocycles. The van der Waals surface area contributed by atoms with Crippen molar-refractivity contribution in [1.82, 2.24) is 15.0 Å². The molecule has 0 fully saturated rings. The molecule has 1 aromatic carbocycles. The van der Waals surface area contributed by atoms with Crippen LogP contribution in [-0.4, -0.2) is 20.2 Å². The van der Waals surface area contributed by atoms with Crippen LogP contribution in [0, 0.1) is 5.82 Å². The summed E-state index contributed by atoms with van der Waals surface area (Å²) in [7, 11) is 0. The summed E-state index contributed by atoms with van der Waals surface area (Å²) in [6.45, 7) is 0. The predicted octanol–water partition coefficient (Wildman–Crippen LogP) is 3.45. The Morgan fingerprint density at radius 2 is 1.77 bits per heavy atom. The highest BCUT2D eigenvalue weighted by molar-refractivity contribution is 8.13. The molecule has 0 saturated carbocycles. The van der Waals surface area contributed by atoms with Gasteiger partial charge in [0.05, 0.1) is 11.4 Å². The van der Waals surface area contributed by atoms with Gasteiger partial charge in [-0.05, 0) is 36.4 Å². The first-order valence-corrected chi connectivity index (χ1v) is 7.19. The number of nitrogens with zero attached hydrogens (tertiary/aromatic N) is 2. The molecule has 1 amide bonds. The lowest BCUT2D eigenvalue weighted by atomic mass is 10.1. The van der Waals surface area contributed by atoms with E-state index in [4.69, 9.17) is 5.73 Å². The number of H-pyrrole nitrogens is 1. The molecular weight excluding hydrogens is 303 g/mol. The van der Waals surface area contributed by atoms with Crippen molar-refractivity contribution < 1.29 is 9.18 Å². The monoisotopic (exact) mass is 314 g/mol. The van der Waals surface area contributed by atoms with Crippen LogP contribution in [0.15, 0.2) is 53.9 Å². The van der Waals surface area contributed by atoms with E-state index in [9.17, 15) is 9.18 Å². The topological polar surface area (TPSA) is 84.7 Å². The summed E-state index contributed by atoms with van der Waals surface area (Å²) in [6, 6.07) is 9.63. The lowest BCUT2D eigenvalue weighted by Crippen LogP contribution is -2.01. The van der Waals surface area contributed by atoms with Gasteiger partial charge in [-0.15, -0.1) is 0 Å². The number of thioether (sulfide) groups is 1. The number of halogens is 1. The number of aromatic amines is 1. The molecule has 3 aromatic rings. The van der Waals surface area contributed by atoms with Gasteiger partial charge in [0.2, 0.25) is 0 Å². The molecule has 0 aliphatic carbocycles. The molecule has 0 spiro atoms. The fourth-order valence-corrected chi connectivity index (χ4v) is 2.52. The summed E-state index contributed by atoms with van der Waals surface area (Å²) in [5, 5.41) is -0.167. The Bertz CT molecular complexity index is 802. The average Bonchev–Trinajstić information content (AvgIpc) is 2.92. The second-order valence-corrected chi connectivity index (χ2v) is 5.42. The van der Waals surface area contributed by atoms with Crippen LogP contribution >= 0.6 is 11.8 Å². The number of carbonyl (C=O) groups is 1. The van der Waals surface area contributed by atoms with E-state index in [0.717, 1.165) is 28.6 Å². The molecule has 0 bridgehead atoms. The highest BCUT2D eigenvalue weighted by Crippen LogP contribution is 2.32. The van der Waals surface area contributed by atoms with E-state index in [2.05, 4.69) is 15.0 Å². The first-order valence-electron chi connectivity index (χ1n) is 6.37. The van der Waals surface area contributed by atoms with Crippen molar-refractivity contribution >= 4 is 17.0 Å². The van der Waals surface area contributed by atoms with Gasteiger partial charge in [0.15, 0.2) is 5.16 Å². The zero-order chi connectivity index (χ0) is 15.5. The quantitative estimate of drug-likeness (QED) is 0.725. The number of aromatic nitrogens is 3. The average molecular weight is 314 g/mol. The maximum Gasteiger partial charge on any atom is 0.284 e. The van der Waals surface area contributed by atoms with Gasteiger partial charge in [-0.1, -0.05) is 0 Å². The van der Waals surface area contributed by atoms with E-state index in [1.165, 1.54) is 12.1 Å². The summed E-state index contributed by atoms with van der Waals surface area (Å²) < 4.78 is 13.1. The summed E-state index contributed by atoms with van der Waals surface area (Å²) in [5.41, 5.74) is 8.12. The third-order valence-corrected chi connectivity index (χ3v) is 3.55. The summed E-state index contributed by atoms with van der Waals surface area (Å²) in [5.74, 6) is -0.323. The number of hydrogen-bond donors (Lipinski definition) is 2. The summed E-state index contributed by atoms with van der Waals surface area (Å²) in [6.07, 6.45) is 3.32. The van der Waals surface area contributed by atoms with Crippen LogP contribution in [0.2, 0.25) is 0 Å². The molecule has 0 saturated heterocycles. The third-order valence-electron chi connectivity index (χ3n) is 2.97. The first kappa shape index (κ1) is 14.3. The maximum absolute atomic E-state index is 13.1. The molecule has 7 heteroatoms. The Morgan fingerprint density at radius 3 is 2.41 bits per heavy atom. The second-order valence-electron chi connectivity index (χ2n) is 4.43. The predicted molar refractivity (Wildman–Crippen MR) is 82.7 cm³/mol. The van der Waals surface area contributed by atoms with Crippen molar-refractivity contribution in [3.63, 3.8) is 0 Å². The minimum absolute atomic E-state index is 0.323. The molecule has 22 heavy (non-hydrogen) atoms. The first-order chi connectivity index (χ1) is 10.6. The Labute approximate surface area is 129 Å². The summed E-state index contributed by atoms with van der Waals surface area (Å²) >= 11 is 0.808. The minimum atomic E-state index is -0.555. The molecule has 5 nitrogen and oxygen atoms in total. The lowest BCUT2D eigenvalue weighted by Gasteiger charge is -2.02. The lowest BCUT2D eigenvalue weighted by molar-refractivity contribution is 0.267. The molecule has 2 heterocycles. The fourth-order valence-electron chi connectivity index (χ4n) is 2.04. The van der Waals surface area contributed by atoms with E-state index in [1.54, 1.807) is 24.5 Å². The number of hydrogen-bond acceptors (Lipinski definition) is 4. The minimum Gasteiger partial charge on any atom is -0.360 e. The number of benzene rings is 1. The second kappa shape index (κ2) is 5.98. The molecule has 0 atom stereocenters. The van der Waals surface area contributed by atoms with Crippen LogP contribution in [0.25, 0.3) is 22.5 Å². The van der Waals surface area contributed by atoms with Gasteiger partial charge in [0.25, 0.3) is 5.24 Å². The molecule has 110 valence electrons. The van der Waals surface area contributed by atoms with E-state index in [0.29, 0.717) is 10.9 Å². The maximum atomic E-state index is 13.1. The molecule has 0 unspecified atom stereocenters. The third kappa shape index (κ3) is 2.99. The van der Waals surface area contributed by atoms with Gasteiger partial charge in [0, 0.05) is 35.3 Å². The van der Waals surface area contributed by atoms with Crippen LogP contribution in [0.5, 0.6) is 0 Å². The molecule has 3 rings (SSSR count). The number of pyridine rings is 1. The standard InChI is InChI=1S/C15H11FN4OS/c16-11-3-1-9(2-4-11)12-13(10-5-7-18-8-6-10)20-15(19-12)22-14(17)21/h1-8H,(H2,17,21)(H,19,20). The fraction of sp³-hybridized carbons (Fsp3) is 0. The van der Waals surface area contributed by atoms with Crippen molar-refractivity contribution in [3.05, 3.63) is 54.6 Å². The SMILES string of the molecule is NC(=O)Sc1nc(-c2ccc(F)cc2)c(-c2ccncc2)[nH]1. The van der Waals surface area contributed by atoms with Gasteiger partial charge in [0.1, 0.15) is 5.82 Å². The zero-order valence-corrected chi connectivity index (χ0v) is 12.1. The molecule has 3 N–H and O–H groups in total. The van der Waals surface area contributed by atoms with Gasteiger partial charge in [-0.3, -0.25) is 9.78 Å². The zero-order valence-electron chi connectivity index (χ0n) is 11.3. The normalized spacial score (nSPS) is 10.6. The number of nitrogens with one attached hydrogen (secondary N) is 1. The van der Waals surface area contributed by atoms with Crippen molar-refractivity contribution in [1.29, 1.82) is 0 Å². The highest BCUT2D eigenvalue weighted by atomic mass is 32.2. The van der Waals surface area contributed by atoms with Gasteiger partial charge < -0.3 is 10.7 Å². The van der Waals surface area contributed by atoms with Crippen LogP contribution < -0.4 is 5.73 Å². The van der Waals surface area contributed by atoms with Crippen LogP contribution in [0.4, 0.5) is 9.18 Å². The molecule has 0 radical (unpaired) electrons. The van der Waals surface area contributed by atoms with Crippen molar-refractivity contribution in [2.45, 2.75) is 5.16 Å². The number of primary amides is 1. The van der Waals surface area contributed by atoms with Crippen LogP contribution in [-0.2, 0) is 0 Å². The Morgan fingerprint density at radius 1 is 1.09 bits per heavy atom. The Balaban J connectivity index is 2.12. The van der Waals surface area contributed by atoms with E-state index in [1.807, 2.05) is 12.1 Å². The number of carbonyl (C=O) groups excluding carboxylic acids is 1. The van der Waals surface area contributed by atoms with Gasteiger partial charge >= 0.3 is 0 Å². The van der Waals surface area contributed by atoms with E-state index in [-0.39, 0.29) is 5.82 Å². The van der Waals surface area contributed by atoms with Crippen LogP contribution in [0.1, 0.15) is 0 Å². The smallest absolute Gasteiger partial charge is 0.284 e. The largest absolute Gasteiger partial charge is 0.360 e. The number of nitrogens with two attached hydrogens (primary N) is 1. The number of amides is 1. The Kier molecular flexibility index (Phi) is 3.88. The highest BCUT2D eigenvalue weighted by Gasteiger charge is 2.15. The van der Waals surface area contributed by atoms with Crippen molar-refractivity contribution in [2.75, 3.05) is 0 Å². The Hall–Kier alpha value is -2.67. The van der Waals surface area contributed by atoms with Crippen molar-refractivity contribution in [2.24, 2.45) is 5.73 Å². The van der Waals surface area contributed by atoms with Gasteiger partial charge in [-0.25, -0.2) is 9.37 Å². The van der Waals surface area contributed by atoms with E-state index >= 15 is 0 Å². The number of rotatable bonds is 3. The van der Waals surface area contributed by atoms with E-state index < -0.39 is 5.24 Å².